The molecule has 2 aliphatic rings. The summed E-state index contributed by atoms with van der Waals surface area (Å²) in [7, 11) is 0. The Bertz CT molecular complexity index is 646. The van der Waals surface area contributed by atoms with E-state index in [4.69, 9.17) is 4.42 Å². The van der Waals surface area contributed by atoms with Gasteiger partial charge < -0.3 is 9.32 Å². The number of hydrogen-bond acceptors (Lipinski definition) is 5. The fourth-order valence-corrected chi connectivity index (χ4v) is 3.94. The second kappa shape index (κ2) is 5.96. The van der Waals surface area contributed by atoms with Gasteiger partial charge in [0.25, 0.3) is 0 Å². The van der Waals surface area contributed by atoms with Crippen molar-refractivity contribution in [1.29, 1.82) is 0 Å². The molecule has 4 rings (SSSR count). The van der Waals surface area contributed by atoms with E-state index >= 15 is 0 Å². The van der Waals surface area contributed by atoms with E-state index in [9.17, 15) is 0 Å². The Hall–Kier alpha value is -1.88. The van der Waals surface area contributed by atoms with E-state index in [1.165, 1.54) is 19.3 Å². The maximum atomic E-state index is 5.71. The molecule has 0 aliphatic carbocycles. The summed E-state index contributed by atoms with van der Waals surface area (Å²) in [5.41, 5.74) is 0.453. The predicted octanol–water partition coefficient (Wildman–Crippen LogP) is 2.87. The Balaban J connectivity index is 1.34. The molecule has 0 unspecified atom stereocenters. The van der Waals surface area contributed by atoms with Crippen molar-refractivity contribution in [3.8, 4) is 0 Å². The molecule has 0 saturated carbocycles. The number of nitrogens with zero attached hydrogens (tertiary/aromatic N) is 4. The van der Waals surface area contributed by atoms with Gasteiger partial charge in [0, 0.05) is 25.5 Å². The summed E-state index contributed by atoms with van der Waals surface area (Å²) in [6.07, 6.45) is 7.45. The van der Waals surface area contributed by atoms with E-state index in [0.29, 0.717) is 5.41 Å². The molecule has 0 bridgehead atoms. The van der Waals surface area contributed by atoms with Gasteiger partial charge in [-0.25, -0.2) is 9.97 Å². The lowest BCUT2D eigenvalue weighted by atomic mass is 9.78. The maximum absolute atomic E-state index is 5.71. The molecule has 0 N–H and O–H groups in total. The Kier molecular flexibility index (Phi) is 3.81. The average Bonchev–Trinajstić information content (AvgIpc) is 3.18. The van der Waals surface area contributed by atoms with Gasteiger partial charge in [-0.3, -0.25) is 4.90 Å². The monoisotopic (exact) mass is 312 g/mol. The van der Waals surface area contributed by atoms with Crippen LogP contribution in [0.3, 0.4) is 0 Å². The molecule has 1 spiro atoms. The average molecular weight is 312 g/mol. The highest BCUT2D eigenvalue weighted by Gasteiger charge is 2.41. The van der Waals surface area contributed by atoms with Crippen molar-refractivity contribution in [1.82, 2.24) is 14.9 Å². The Morgan fingerprint density at radius 1 is 1.09 bits per heavy atom. The summed E-state index contributed by atoms with van der Waals surface area (Å²) in [4.78, 5) is 13.7. The van der Waals surface area contributed by atoms with E-state index < -0.39 is 0 Å². The fourth-order valence-electron chi connectivity index (χ4n) is 3.94. The van der Waals surface area contributed by atoms with E-state index in [-0.39, 0.29) is 0 Å². The van der Waals surface area contributed by atoms with Crippen LogP contribution in [-0.2, 0) is 6.54 Å². The fraction of sp³-hybridized carbons (Fsp3) is 0.556. The lowest BCUT2D eigenvalue weighted by Gasteiger charge is -2.39. The third-order valence-electron chi connectivity index (χ3n) is 5.37. The van der Waals surface area contributed by atoms with Crippen LogP contribution in [0, 0.1) is 12.3 Å². The highest BCUT2D eigenvalue weighted by Crippen LogP contribution is 2.41. The molecule has 0 aromatic carbocycles. The zero-order valence-corrected chi connectivity index (χ0v) is 13.7. The minimum Gasteiger partial charge on any atom is -0.465 e. The first-order valence-corrected chi connectivity index (χ1v) is 8.52. The van der Waals surface area contributed by atoms with Gasteiger partial charge in [-0.15, -0.1) is 0 Å². The van der Waals surface area contributed by atoms with Gasteiger partial charge in [0.15, 0.2) is 0 Å². The van der Waals surface area contributed by atoms with Gasteiger partial charge in [0.2, 0.25) is 5.95 Å². The smallest absolute Gasteiger partial charge is 0.225 e. The predicted molar refractivity (Wildman–Crippen MR) is 89.3 cm³/mol. The highest BCUT2D eigenvalue weighted by molar-refractivity contribution is 5.31. The van der Waals surface area contributed by atoms with Crippen LogP contribution in [0.25, 0.3) is 0 Å². The topological polar surface area (TPSA) is 45.4 Å². The summed E-state index contributed by atoms with van der Waals surface area (Å²) < 4.78 is 5.71. The van der Waals surface area contributed by atoms with Crippen molar-refractivity contribution in [3.63, 3.8) is 0 Å². The minimum absolute atomic E-state index is 0.453. The molecule has 2 aromatic rings. The number of likely N-dealkylation sites (tertiary alicyclic amines) is 1. The number of piperidine rings is 1. The Labute approximate surface area is 137 Å². The summed E-state index contributed by atoms with van der Waals surface area (Å²) in [5.74, 6) is 2.98. The van der Waals surface area contributed by atoms with Crippen LogP contribution in [0.5, 0.6) is 0 Å². The van der Waals surface area contributed by atoms with Crippen LogP contribution in [-0.4, -0.2) is 41.0 Å². The first kappa shape index (κ1) is 14.7. The van der Waals surface area contributed by atoms with Crippen LogP contribution < -0.4 is 4.90 Å². The number of aryl methyl sites for hydroxylation is 1. The van der Waals surface area contributed by atoms with E-state index in [2.05, 4.69) is 31.9 Å². The number of rotatable bonds is 3. The molecule has 2 saturated heterocycles. The summed E-state index contributed by atoms with van der Waals surface area (Å²) in [6, 6.07) is 6.03. The van der Waals surface area contributed by atoms with Crippen molar-refractivity contribution in [2.45, 2.75) is 32.7 Å². The first-order valence-electron chi connectivity index (χ1n) is 8.52. The molecular weight excluding hydrogens is 288 g/mol. The van der Waals surface area contributed by atoms with Crippen LogP contribution in [0.4, 0.5) is 5.95 Å². The zero-order valence-electron chi connectivity index (χ0n) is 13.7. The second-order valence-corrected chi connectivity index (χ2v) is 7.01. The van der Waals surface area contributed by atoms with Gasteiger partial charge in [-0.1, -0.05) is 0 Å². The van der Waals surface area contributed by atoms with E-state index in [0.717, 1.165) is 50.2 Å². The van der Waals surface area contributed by atoms with Crippen molar-refractivity contribution in [3.05, 3.63) is 42.1 Å². The quantitative estimate of drug-likeness (QED) is 0.872. The van der Waals surface area contributed by atoms with Gasteiger partial charge >= 0.3 is 0 Å². The van der Waals surface area contributed by atoms with Gasteiger partial charge in [-0.05, 0) is 62.9 Å². The number of aromatic nitrogens is 2. The third kappa shape index (κ3) is 3.11. The third-order valence-corrected chi connectivity index (χ3v) is 5.37. The molecule has 2 aliphatic heterocycles. The lowest BCUT2D eigenvalue weighted by molar-refractivity contribution is 0.109. The molecule has 2 aromatic heterocycles. The van der Waals surface area contributed by atoms with Gasteiger partial charge in [0.1, 0.15) is 11.5 Å². The van der Waals surface area contributed by atoms with Crippen LogP contribution in [0.15, 0.2) is 35.0 Å². The molecule has 4 heterocycles. The Morgan fingerprint density at radius 2 is 1.83 bits per heavy atom. The minimum atomic E-state index is 0.453. The van der Waals surface area contributed by atoms with E-state index in [1.807, 2.05) is 25.4 Å². The van der Waals surface area contributed by atoms with E-state index in [1.54, 1.807) is 0 Å². The van der Waals surface area contributed by atoms with Crippen molar-refractivity contribution >= 4 is 5.95 Å². The SMILES string of the molecule is Cc1ccc(CN2CCC3(CC2)CCN(c2ncccn2)C3)o1. The van der Waals surface area contributed by atoms with Crippen molar-refractivity contribution in [2.24, 2.45) is 5.41 Å². The largest absolute Gasteiger partial charge is 0.465 e. The first-order chi connectivity index (χ1) is 11.2. The summed E-state index contributed by atoms with van der Waals surface area (Å²) in [5, 5.41) is 0. The molecular formula is C18H24N4O. The van der Waals surface area contributed by atoms with Gasteiger partial charge in [-0.2, -0.15) is 0 Å². The van der Waals surface area contributed by atoms with Crippen molar-refractivity contribution < 1.29 is 4.42 Å². The standard InChI is InChI=1S/C18H24N4O/c1-15-3-4-16(23-15)13-21-10-5-18(6-11-21)7-12-22(14-18)17-19-8-2-9-20-17/h2-4,8-9H,5-7,10-14H2,1H3. The molecule has 122 valence electrons. The normalized spacial score (nSPS) is 21.2. The number of hydrogen-bond donors (Lipinski definition) is 0. The van der Waals surface area contributed by atoms with Crippen LogP contribution >= 0.6 is 0 Å². The summed E-state index contributed by atoms with van der Waals surface area (Å²) in [6.45, 7) is 7.45. The number of anilines is 1. The van der Waals surface area contributed by atoms with Crippen LogP contribution in [0.2, 0.25) is 0 Å². The van der Waals surface area contributed by atoms with Crippen molar-refractivity contribution in [2.75, 3.05) is 31.1 Å². The molecule has 0 atom stereocenters. The van der Waals surface area contributed by atoms with Gasteiger partial charge in [0.05, 0.1) is 6.54 Å². The Morgan fingerprint density at radius 3 is 2.52 bits per heavy atom. The molecule has 5 nitrogen and oxygen atoms in total. The maximum Gasteiger partial charge on any atom is 0.225 e. The number of furan rings is 1. The summed E-state index contributed by atoms with van der Waals surface area (Å²) >= 11 is 0. The second-order valence-electron chi connectivity index (χ2n) is 7.01. The highest BCUT2D eigenvalue weighted by atomic mass is 16.3. The molecule has 23 heavy (non-hydrogen) atoms. The van der Waals surface area contributed by atoms with Crippen LogP contribution in [0.1, 0.15) is 30.8 Å². The lowest BCUT2D eigenvalue weighted by Crippen LogP contribution is -2.41. The zero-order chi connectivity index (χ0) is 15.7. The molecule has 2 fully saturated rings. The molecule has 0 radical (unpaired) electrons. The molecule has 5 heteroatoms. The molecule has 0 amide bonds.